The fourth-order valence-electron chi connectivity index (χ4n) is 3.17. The minimum Gasteiger partial charge on any atom is -0.444 e. The molecule has 1 aliphatic rings. The van der Waals surface area contributed by atoms with Gasteiger partial charge in [-0.25, -0.2) is 9.59 Å². The van der Waals surface area contributed by atoms with E-state index >= 15 is 0 Å². The summed E-state index contributed by atoms with van der Waals surface area (Å²) in [5.74, 6) is 0. The summed E-state index contributed by atoms with van der Waals surface area (Å²) in [6, 6.07) is 7.72. The van der Waals surface area contributed by atoms with E-state index in [0.29, 0.717) is 6.54 Å². The Hall–Kier alpha value is -2.24. The van der Waals surface area contributed by atoms with Crippen LogP contribution in [0, 0.1) is 0 Å². The third-order valence-electron chi connectivity index (χ3n) is 4.46. The van der Waals surface area contributed by atoms with Gasteiger partial charge >= 0.3 is 12.2 Å². The predicted octanol–water partition coefficient (Wildman–Crippen LogP) is 5.52. The Labute approximate surface area is 168 Å². The molecule has 0 aromatic heterocycles. The van der Waals surface area contributed by atoms with Crippen LogP contribution in [0.3, 0.4) is 0 Å². The summed E-state index contributed by atoms with van der Waals surface area (Å²) in [6.45, 7) is 11.9. The maximum absolute atomic E-state index is 12.6. The van der Waals surface area contributed by atoms with Crippen molar-refractivity contribution in [2.75, 3.05) is 18.5 Å². The van der Waals surface area contributed by atoms with E-state index in [2.05, 4.69) is 0 Å². The van der Waals surface area contributed by atoms with Crippen molar-refractivity contribution in [2.24, 2.45) is 0 Å². The maximum atomic E-state index is 12.6. The molecule has 2 rings (SSSR count). The molecular weight excluding hydrogens is 356 g/mol. The Balaban J connectivity index is 2.14. The molecule has 2 amide bonds. The Bertz CT molecular complexity index is 686. The van der Waals surface area contributed by atoms with Gasteiger partial charge in [-0.15, -0.1) is 0 Å². The van der Waals surface area contributed by atoms with Gasteiger partial charge in [-0.05, 0) is 78.5 Å². The molecule has 0 bridgehead atoms. The second-order valence-electron chi connectivity index (χ2n) is 9.32. The van der Waals surface area contributed by atoms with Crippen LogP contribution < -0.4 is 4.90 Å². The number of carbonyl (C=O) groups excluding carboxylic acids is 2. The summed E-state index contributed by atoms with van der Waals surface area (Å²) in [5, 5.41) is 0. The number of benzene rings is 1. The summed E-state index contributed by atoms with van der Waals surface area (Å²) in [6.07, 6.45) is 2.29. The third kappa shape index (κ3) is 6.14. The van der Waals surface area contributed by atoms with Crippen molar-refractivity contribution in [2.45, 2.75) is 78.0 Å². The summed E-state index contributed by atoms with van der Waals surface area (Å²) in [4.78, 5) is 28.2. The SMILES string of the molecule is CN(C(=O)OC(C)(C)C)c1ccc([C@@H]2CCCCN2C(=O)OC(C)(C)C)cc1. The number of carbonyl (C=O) groups is 2. The summed E-state index contributed by atoms with van der Waals surface area (Å²) in [7, 11) is 1.69. The zero-order valence-corrected chi connectivity index (χ0v) is 18.2. The van der Waals surface area contributed by atoms with Gasteiger partial charge in [0.25, 0.3) is 0 Å². The quantitative estimate of drug-likeness (QED) is 0.667. The molecule has 0 unspecified atom stereocenters. The zero-order valence-electron chi connectivity index (χ0n) is 18.2. The van der Waals surface area contributed by atoms with Gasteiger partial charge in [0.15, 0.2) is 0 Å². The van der Waals surface area contributed by atoms with Gasteiger partial charge in [-0.3, -0.25) is 4.90 Å². The lowest BCUT2D eigenvalue weighted by Gasteiger charge is -2.37. The average Bonchev–Trinajstić information content (AvgIpc) is 2.58. The van der Waals surface area contributed by atoms with Crippen LogP contribution >= 0.6 is 0 Å². The second-order valence-corrected chi connectivity index (χ2v) is 9.32. The molecule has 1 atom stereocenters. The van der Waals surface area contributed by atoms with E-state index in [1.165, 1.54) is 4.90 Å². The van der Waals surface area contributed by atoms with Crippen LogP contribution in [0.5, 0.6) is 0 Å². The number of amides is 2. The Morgan fingerprint density at radius 2 is 1.54 bits per heavy atom. The van der Waals surface area contributed by atoms with E-state index in [1.54, 1.807) is 7.05 Å². The molecule has 1 aromatic rings. The van der Waals surface area contributed by atoms with Gasteiger partial charge < -0.3 is 14.4 Å². The molecule has 156 valence electrons. The van der Waals surface area contributed by atoms with Crippen molar-refractivity contribution >= 4 is 17.9 Å². The van der Waals surface area contributed by atoms with Crippen LogP contribution in [0.1, 0.15) is 72.4 Å². The van der Waals surface area contributed by atoms with Crippen molar-refractivity contribution < 1.29 is 19.1 Å². The highest BCUT2D eigenvalue weighted by Gasteiger charge is 2.31. The fourth-order valence-corrected chi connectivity index (χ4v) is 3.17. The van der Waals surface area contributed by atoms with Gasteiger partial charge in [-0.1, -0.05) is 12.1 Å². The number of anilines is 1. The van der Waals surface area contributed by atoms with E-state index in [4.69, 9.17) is 9.47 Å². The normalized spacial score (nSPS) is 17.8. The largest absolute Gasteiger partial charge is 0.444 e. The molecule has 1 saturated heterocycles. The molecule has 6 heteroatoms. The molecule has 1 heterocycles. The first-order valence-corrected chi connectivity index (χ1v) is 9.94. The standard InChI is InChI=1S/C22H34N2O4/c1-21(2,3)27-19(25)23(7)17-13-11-16(12-14-17)18-10-8-9-15-24(18)20(26)28-22(4,5)6/h11-14,18H,8-10,15H2,1-7H3/t18-/m0/s1. The molecule has 0 spiro atoms. The maximum Gasteiger partial charge on any atom is 0.414 e. The molecule has 1 fully saturated rings. The topological polar surface area (TPSA) is 59.1 Å². The molecule has 28 heavy (non-hydrogen) atoms. The van der Waals surface area contributed by atoms with E-state index in [9.17, 15) is 9.59 Å². The lowest BCUT2D eigenvalue weighted by molar-refractivity contribution is 0.00950. The minimum absolute atomic E-state index is 0.00974. The van der Waals surface area contributed by atoms with Gasteiger partial charge in [0.1, 0.15) is 11.2 Å². The molecule has 0 N–H and O–H groups in total. The smallest absolute Gasteiger partial charge is 0.414 e. The number of hydrogen-bond donors (Lipinski definition) is 0. The number of hydrogen-bond acceptors (Lipinski definition) is 4. The first-order valence-electron chi connectivity index (χ1n) is 9.94. The van der Waals surface area contributed by atoms with Crippen LogP contribution in [0.15, 0.2) is 24.3 Å². The summed E-state index contributed by atoms with van der Waals surface area (Å²) in [5.41, 5.74) is 0.741. The van der Waals surface area contributed by atoms with Crippen molar-refractivity contribution in [1.82, 2.24) is 4.90 Å². The van der Waals surface area contributed by atoms with Crippen LogP contribution in [0.4, 0.5) is 15.3 Å². The van der Waals surface area contributed by atoms with Gasteiger partial charge in [0.05, 0.1) is 6.04 Å². The highest BCUT2D eigenvalue weighted by Crippen LogP contribution is 2.33. The van der Waals surface area contributed by atoms with Gasteiger partial charge in [0.2, 0.25) is 0 Å². The minimum atomic E-state index is -0.540. The van der Waals surface area contributed by atoms with E-state index in [0.717, 1.165) is 30.5 Å². The lowest BCUT2D eigenvalue weighted by Crippen LogP contribution is -2.41. The van der Waals surface area contributed by atoms with Gasteiger partial charge in [0, 0.05) is 19.3 Å². The van der Waals surface area contributed by atoms with E-state index in [1.807, 2.05) is 70.7 Å². The highest BCUT2D eigenvalue weighted by atomic mass is 16.6. The number of ether oxygens (including phenoxy) is 2. The molecule has 0 radical (unpaired) electrons. The van der Waals surface area contributed by atoms with Crippen LogP contribution in [0.25, 0.3) is 0 Å². The predicted molar refractivity (Wildman–Crippen MR) is 111 cm³/mol. The van der Waals surface area contributed by atoms with Crippen LogP contribution in [-0.2, 0) is 9.47 Å². The lowest BCUT2D eigenvalue weighted by atomic mass is 9.95. The van der Waals surface area contributed by atoms with Gasteiger partial charge in [-0.2, -0.15) is 0 Å². The van der Waals surface area contributed by atoms with Crippen molar-refractivity contribution in [3.63, 3.8) is 0 Å². The van der Waals surface area contributed by atoms with Crippen LogP contribution in [0.2, 0.25) is 0 Å². The molecule has 0 saturated carbocycles. The molecular formula is C22H34N2O4. The van der Waals surface area contributed by atoms with Crippen LogP contribution in [-0.4, -0.2) is 41.9 Å². The summed E-state index contributed by atoms with van der Waals surface area (Å²) < 4.78 is 11.0. The molecule has 6 nitrogen and oxygen atoms in total. The van der Waals surface area contributed by atoms with E-state index < -0.39 is 17.3 Å². The Kier molecular flexibility index (Phi) is 6.63. The van der Waals surface area contributed by atoms with Crippen molar-refractivity contribution in [3.05, 3.63) is 29.8 Å². The highest BCUT2D eigenvalue weighted by molar-refractivity contribution is 5.87. The van der Waals surface area contributed by atoms with Crippen molar-refractivity contribution in [3.8, 4) is 0 Å². The van der Waals surface area contributed by atoms with E-state index in [-0.39, 0.29) is 12.1 Å². The molecule has 1 aromatic carbocycles. The first kappa shape index (κ1) is 22.1. The zero-order chi connectivity index (χ0) is 21.1. The third-order valence-corrected chi connectivity index (χ3v) is 4.46. The number of piperidine rings is 1. The first-order chi connectivity index (χ1) is 12.9. The molecule has 1 aliphatic heterocycles. The molecule has 0 aliphatic carbocycles. The monoisotopic (exact) mass is 390 g/mol. The number of rotatable bonds is 2. The number of likely N-dealkylation sites (tertiary alicyclic amines) is 1. The Morgan fingerprint density at radius 3 is 2.07 bits per heavy atom. The summed E-state index contributed by atoms with van der Waals surface area (Å²) >= 11 is 0. The second kappa shape index (κ2) is 8.41. The Morgan fingerprint density at radius 1 is 0.964 bits per heavy atom. The fraction of sp³-hybridized carbons (Fsp3) is 0.636. The van der Waals surface area contributed by atoms with Crippen molar-refractivity contribution in [1.29, 1.82) is 0 Å². The number of nitrogens with zero attached hydrogens (tertiary/aromatic N) is 2. The average molecular weight is 391 g/mol.